The number of aliphatic hydroxyl groups excluding tert-OH is 1. The number of aromatic amines is 1. The van der Waals surface area contributed by atoms with Gasteiger partial charge in [0, 0.05) is 23.2 Å². The van der Waals surface area contributed by atoms with Crippen molar-refractivity contribution < 1.29 is 20.1 Å². The molecule has 0 saturated heterocycles. The van der Waals surface area contributed by atoms with Gasteiger partial charge in [-0.1, -0.05) is 30.3 Å². The summed E-state index contributed by atoms with van der Waals surface area (Å²) in [6, 6.07) is 12.0. The maximum Gasteiger partial charge on any atom is 0.182 e. The van der Waals surface area contributed by atoms with Crippen molar-refractivity contribution in [2.75, 3.05) is 0 Å². The van der Waals surface area contributed by atoms with E-state index in [-0.39, 0.29) is 23.0 Å². The van der Waals surface area contributed by atoms with Crippen molar-refractivity contribution in [1.29, 1.82) is 0 Å². The first kappa shape index (κ1) is 17.1. The van der Waals surface area contributed by atoms with Crippen LogP contribution in [0.15, 0.2) is 72.6 Å². The van der Waals surface area contributed by atoms with E-state index in [9.17, 15) is 20.1 Å². The number of carbonyl (C=O) groups is 1. The van der Waals surface area contributed by atoms with E-state index < -0.39 is 0 Å². The van der Waals surface area contributed by atoms with E-state index in [0.29, 0.717) is 5.56 Å². The van der Waals surface area contributed by atoms with Gasteiger partial charge in [-0.25, -0.2) is 0 Å². The SMILES string of the molecule is O=C(/C=C(O)/C=C/c1ccc(O)c(O)c1)/C=C/c1c[nH]c2ccccc12. The highest BCUT2D eigenvalue weighted by Crippen LogP contribution is 2.25. The zero-order valence-electron chi connectivity index (χ0n) is 13.8. The quantitative estimate of drug-likeness (QED) is 0.239. The molecule has 0 radical (unpaired) electrons. The number of allylic oxidation sites excluding steroid dienone is 3. The van der Waals surface area contributed by atoms with E-state index in [1.54, 1.807) is 12.1 Å². The van der Waals surface area contributed by atoms with Crippen LogP contribution in [-0.2, 0) is 4.79 Å². The third-order valence-corrected chi connectivity index (χ3v) is 3.78. The second kappa shape index (κ2) is 7.44. The van der Waals surface area contributed by atoms with E-state index >= 15 is 0 Å². The number of H-pyrrole nitrogens is 1. The van der Waals surface area contributed by atoms with Crippen LogP contribution in [0.25, 0.3) is 23.1 Å². The number of rotatable bonds is 5. The van der Waals surface area contributed by atoms with E-state index in [1.807, 2.05) is 30.5 Å². The Hall–Kier alpha value is -3.73. The molecule has 0 fully saturated rings. The Bertz CT molecular complexity index is 1040. The molecule has 0 bridgehead atoms. The van der Waals surface area contributed by atoms with E-state index in [4.69, 9.17) is 0 Å². The Morgan fingerprint density at radius 3 is 2.58 bits per heavy atom. The summed E-state index contributed by atoms with van der Waals surface area (Å²) >= 11 is 0. The third-order valence-electron chi connectivity index (χ3n) is 3.78. The van der Waals surface area contributed by atoms with Crippen molar-refractivity contribution in [1.82, 2.24) is 4.98 Å². The Balaban J connectivity index is 1.69. The molecule has 0 saturated carbocycles. The lowest BCUT2D eigenvalue weighted by Gasteiger charge is -1.98. The summed E-state index contributed by atoms with van der Waals surface area (Å²) in [6.07, 6.45) is 8.83. The highest BCUT2D eigenvalue weighted by atomic mass is 16.3. The first-order valence-electron chi connectivity index (χ1n) is 7.92. The number of aliphatic hydroxyl groups is 1. The number of hydrogen-bond donors (Lipinski definition) is 4. The fourth-order valence-corrected chi connectivity index (χ4v) is 2.47. The molecule has 0 amide bonds. The largest absolute Gasteiger partial charge is 0.508 e. The number of benzene rings is 2. The predicted octanol–water partition coefficient (Wildman–Crippen LogP) is 4.32. The van der Waals surface area contributed by atoms with Gasteiger partial charge in [0.25, 0.3) is 0 Å². The molecule has 0 aliphatic heterocycles. The minimum Gasteiger partial charge on any atom is -0.508 e. The summed E-state index contributed by atoms with van der Waals surface area (Å²) in [5.41, 5.74) is 2.44. The number of aromatic hydroxyl groups is 2. The van der Waals surface area contributed by atoms with Crippen LogP contribution < -0.4 is 0 Å². The molecule has 3 rings (SSSR count). The Morgan fingerprint density at radius 1 is 0.962 bits per heavy atom. The Kier molecular flexibility index (Phi) is 4.90. The predicted molar refractivity (Wildman–Crippen MR) is 102 cm³/mol. The minimum atomic E-state index is -0.356. The van der Waals surface area contributed by atoms with Gasteiger partial charge in [0.1, 0.15) is 5.76 Å². The molecule has 26 heavy (non-hydrogen) atoms. The number of hydrogen-bond acceptors (Lipinski definition) is 4. The number of carbonyl (C=O) groups excluding carboxylic acids is 1. The number of ketones is 1. The van der Waals surface area contributed by atoms with Crippen LogP contribution in [0.3, 0.4) is 0 Å². The highest BCUT2D eigenvalue weighted by molar-refractivity contribution is 6.04. The normalized spacial score (nSPS) is 12.4. The van der Waals surface area contributed by atoms with Crippen LogP contribution in [0.5, 0.6) is 11.5 Å². The van der Waals surface area contributed by atoms with E-state index in [1.165, 1.54) is 30.4 Å². The van der Waals surface area contributed by atoms with Crippen molar-refractivity contribution in [3.63, 3.8) is 0 Å². The van der Waals surface area contributed by atoms with Gasteiger partial charge in [0.2, 0.25) is 0 Å². The molecule has 0 aliphatic carbocycles. The maximum absolute atomic E-state index is 12.0. The fraction of sp³-hybridized carbons (Fsp3) is 0. The van der Waals surface area contributed by atoms with Crippen molar-refractivity contribution in [2.24, 2.45) is 0 Å². The molecule has 0 atom stereocenters. The Morgan fingerprint density at radius 2 is 1.77 bits per heavy atom. The summed E-state index contributed by atoms with van der Waals surface area (Å²) < 4.78 is 0. The average molecular weight is 347 g/mol. The minimum absolute atomic E-state index is 0.217. The van der Waals surface area contributed by atoms with Gasteiger partial charge in [-0.05, 0) is 47.6 Å². The number of fused-ring (bicyclic) bond motifs is 1. The lowest BCUT2D eigenvalue weighted by molar-refractivity contribution is -0.110. The summed E-state index contributed by atoms with van der Waals surface area (Å²) in [7, 11) is 0. The van der Waals surface area contributed by atoms with Crippen LogP contribution in [0.2, 0.25) is 0 Å². The first-order chi connectivity index (χ1) is 12.5. The van der Waals surface area contributed by atoms with Gasteiger partial charge in [-0.15, -0.1) is 0 Å². The van der Waals surface area contributed by atoms with Crippen molar-refractivity contribution >= 4 is 28.8 Å². The topological polar surface area (TPSA) is 93.6 Å². The van der Waals surface area contributed by atoms with Gasteiger partial charge in [-0.2, -0.15) is 0 Å². The maximum atomic E-state index is 12.0. The van der Waals surface area contributed by atoms with Crippen LogP contribution in [-0.4, -0.2) is 26.1 Å². The van der Waals surface area contributed by atoms with Crippen molar-refractivity contribution in [2.45, 2.75) is 0 Å². The first-order valence-corrected chi connectivity index (χ1v) is 7.92. The molecule has 2 aromatic carbocycles. The van der Waals surface area contributed by atoms with Crippen LogP contribution in [0.4, 0.5) is 0 Å². The van der Waals surface area contributed by atoms with Crippen LogP contribution in [0, 0.1) is 0 Å². The van der Waals surface area contributed by atoms with Crippen molar-refractivity contribution in [3.8, 4) is 11.5 Å². The molecule has 5 heteroatoms. The molecule has 3 aromatic rings. The summed E-state index contributed by atoms with van der Waals surface area (Å²) in [5.74, 6) is -1.05. The summed E-state index contributed by atoms with van der Waals surface area (Å²) in [6.45, 7) is 0. The zero-order chi connectivity index (χ0) is 18.5. The number of phenols is 2. The second-order valence-corrected chi connectivity index (χ2v) is 5.68. The second-order valence-electron chi connectivity index (χ2n) is 5.68. The third kappa shape index (κ3) is 4.02. The van der Waals surface area contributed by atoms with Gasteiger partial charge in [-0.3, -0.25) is 4.79 Å². The molecule has 130 valence electrons. The van der Waals surface area contributed by atoms with Gasteiger partial charge in [0.05, 0.1) is 0 Å². The number of para-hydroxylation sites is 1. The molecular weight excluding hydrogens is 330 g/mol. The molecule has 0 spiro atoms. The number of phenolic OH excluding ortho intramolecular Hbond substituents is 2. The number of nitrogens with one attached hydrogen (secondary N) is 1. The molecule has 0 aliphatic rings. The average Bonchev–Trinajstić information content (AvgIpc) is 3.04. The van der Waals surface area contributed by atoms with E-state index in [0.717, 1.165) is 22.5 Å². The summed E-state index contributed by atoms with van der Waals surface area (Å²) in [5, 5.41) is 29.5. The van der Waals surface area contributed by atoms with Gasteiger partial charge >= 0.3 is 0 Å². The monoisotopic (exact) mass is 347 g/mol. The summed E-state index contributed by atoms with van der Waals surface area (Å²) in [4.78, 5) is 15.1. The number of aromatic nitrogens is 1. The van der Waals surface area contributed by atoms with Crippen LogP contribution >= 0.6 is 0 Å². The Labute approximate surface area is 149 Å². The highest BCUT2D eigenvalue weighted by Gasteiger charge is 2.01. The fourth-order valence-electron chi connectivity index (χ4n) is 2.47. The molecular formula is C21H17NO4. The van der Waals surface area contributed by atoms with Crippen LogP contribution in [0.1, 0.15) is 11.1 Å². The van der Waals surface area contributed by atoms with E-state index in [2.05, 4.69) is 4.98 Å². The standard InChI is InChI=1S/C21H17NO4/c23-16(8-5-14-6-10-20(25)21(26)11-14)12-17(24)9-7-15-13-22-19-4-2-1-3-18(15)19/h1-13,22-23,25-26H/b8-5+,9-7+,16-12-. The molecule has 1 heterocycles. The van der Waals surface area contributed by atoms with Gasteiger partial charge in [0.15, 0.2) is 17.3 Å². The lowest BCUT2D eigenvalue weighted by Crippen LogP contribution is -1.88. The van der Waals surface area contributed by atoms with Crippen molar-refractivity contribution in [3.05, 3.63) is 83.8 Å². The zero-order valence-corrected chi connectivity index (χ0v) is 13.8. The molecule has 0 unspecified atom stereocenters. The molecule has 5 nitrogen and oxygen atoms in total. The lowest BCUT2D eigenvalue weighted by atomic mass is 10.1. The molecule has 4 N–H and O–H groups in total. The molecule has 1 aromatic heterocycles. The van der Waals surface area contributed by atoms with Gasteiger partial charge < -0.3 is 20.3 Å². The smallest absolute Gasteiger partial charge is 0.182 e.